The Morgan fingerprint density at radius 3 is 2.50 bits per heavy atom. The summed E-state index contributed by atoms with van der Waals surface area (Å²) in [6.45, 7) is 0.727. The van der Waals surface area contributed by atoms with Gasteiger partial charge in [0.1, 0.15) is 0 Å². The van der Waals surface area contributed by atoms with Gasteiger partial charge in [-0.2, -0.15) is 0 Å². The highest BCUT2D eigenvalue weighted by molar-refractivity contribution is 6.22. The predicted molar refractivity (Wildman–Crippen MR) is 105 cm³/mol. The monoisotopic (exact) mass is 377 g/mol. The summed E-state index contributed by atoms with van der Waals surface area (Å²) in [5.74, 6) is -0.432. The van der Waals surface area contributed by atoms with Crippen molar-refractivity contribution in [2.45, 2.75) is 25.3 Å². The number of imide groups is 1. The Morgan fingerprint density at radius 1 is 1.07 bits per heavy atom. The number of carbonyl (C=O) groups is 3. The third-order valence-electron chi connectivity index (χ3n) is 5.43. The Hall–Kier alpha value is -2.99. The third kappa shape index (κ3) is 3.68. The van der Waals surface area contributed by atoms with Crippen LogP contribution in [0.4, 0.5) is 0 Å². The highest BCUT2D eigenvalue weighted by Gasteiger charge is 2.35. The first kappa shape index (κ1) is 18.4. The molecule has 3 N–H and O–H groups in total. The van der Waals surface area contributed by atoms with Gasteiger partial charge in [-0.25, -0.2) is 0 Å². The summed E-state index contributed by atoms with van der Waals surface area (Å²) >= 11 is 0. The Labute approximate surface area is 163 Å². The van der Waals surface area contributed by atoms with E-state index in [4.69, 9.17) is 5.73 Å². The molecule has 6 heteroatoms. The lowest BCUT2D eigenvalue weighted by Gasteiger charge is -2.13. The van der Waals surface area contributed by atoms with E-state index in [0.717, 1.165) is 18.4 Å². The first-order valence-electron chi connectivity index (χ1n) is 9.62. The summed E-state index contributed by atoms with van der Waals surface area (Å²) in [5, 5.41) is 2.82. The highest BCUT2D eigenvalue weighted by Crippen LogP contribution is 2.31. The fourth-order valence-corrected chi connectivity index (χ4v) is 3.52. The van der Waals surface area contributed by atoms with Crippen molar-refractivity contribution in [3.8, 4) is 0 Å². The second-order valence-electron chi connectivity index (χ2n) is 7.47. The lowest BCUT2D eigenvalue weighted by atomic mass is 10.1. The summed E-state index contributed by atoms with van der Waals surface area (Å²) in [7, 11) is 0. The number of benzene rings is 2. The van der Waals surface area contributed by atoms with Gasteiger partial charge in [0, 0.05) is 24.7 Å². The molecule has 0 spiro atoms. The van der Waals surface area contributed by atoms with Gasteiger partial charge in [0.15, 0.2) is 0 Å². The largest absolute Gasteiger partial charge is 0.350 e. The molecule has 3 amide bonds. The zero-order chi connectivity index (χ0) is 19.7. The van der Waals surface area contributed by atoms with E-state index in [-0.39, 0.29) is 29.3 Å². The average Bonchev–Trinajstić information content (AvgIpc) is 3.54. The highest BCUT2D eigenvalue weighted by atomic mass is 16.2. The molecule has 1 atom stereocenters. The summed E-state index contributed by atoms with van der Waals surface area (Å²) in [4.78, 5) is 39.0. The average molecular weight is 377 g/mol. The third-order valence-corrected chi connectivity index (χ3v) is 5.43. The van der Waals surface area contributed by atoms with Crippen molar-refractivity contribution in [2.75, 3.05) is 13.1 Å². The van der Waals surface area contributed by atoms with E-state index in [1.807, 2.05) is 30.3 Å². The molecule has 1 unspecified atom stereocenters. The van der Waals surface area contributed by atoms with Crippen LogP contribution in [0.15, 0.2) is 48.5 Å². The quantitative estimate of drug-likeness (QED) is 0.722. The standard InChI is InChI=1S/C22H23N3O3/c23-19(15-6-7-15)13-24-20(26)16-8-9-17-18(12-16)22(28)25(21(17)27)11-10-14-4-2-1-3-5-14/h1-5,8-9,12,15,19H,6-7,10-11,13,23H2,(H,24,26). The lowest BCUT2D eigenvalue weighted by Crippen LogP contribution is -2.38. The molecular formula is C22H23N3O3. The van der Waals surface area contributed by atoms with Crippen molar-refractivity contribution in [3.63, 3.8) is 0 Å². The molecule has 2 aromatic carbocycles. The van der Waals surface area contributed by atoms with E-state index in [0.29, 0.717) is 36.6 Å². The van der Waals surface area contributed by atoms with Gasteiger partial charge in [0.25, 0.3) is 17.7 Å². The van der Waals surface area contributed by atoms with Crippen molar-refractivity contribution in [1.29, 1.82) is 0 Å². The second kappa shape index (κ2) is 7.56. The van der Waals surface area contributed by atoms with Gasteiger partial charge in [0.2, 0.25) is 0 Å². The van der Waals surface area contributed by atoms with Crippen LogP contribution >= 0.6 is 0 Å². The molecule has 2 aromatic rings. The van der Waals surface area contributed by atoms with E-state index in [1.165, 1.54) is 11.0 Å². The zero-order valence-electron chi connectivity index (χ0n) is 15.6. The molecule has 1 aliphatic heterocycles. The van der Waals surface area contributed by atoms with Gasteiger partial charge < -0.3 is 11.1 Å². The molecule has 2 aliphatic rings. The number of nitrogens with zero attached hydrogens (tertiary/aromatic N) is 1. The number of nitrogens with one attached hydrogen (secondary N) is 1. The van der Waals surface area contributed by atoms with Crippen LogP contribution in [0.25, 0.3) is 0 Å². The van der Waals surface area contributed by atoms with Crippen LogP contribution in [-0.2, 0) is 6.42 Å². The Bertz CT molecular complexity index is 922. The van der Waals surface area contributed by atoms with Crippen LogP contribution in [0.1, 0.15) is 49.5 Å². The normalized spacial score (nSPS) is 16.8. The van der Waals surface area contributed by atoms with Gasteiger partial charge in [0.05, 0.1) is 11.1 Å². The second-order valence-corrected chi connectivity index (χ2v) is 7.47. The molecule has 4 rings (SSSR count). The molecule has 28 heavy (non-hydrogen) atoms. The minimum atomic E-state index is -0.347. The van der Waals surface area contributed by atoms with Crippen LogP contribution in [-0.4, -0.2) is 41.8 Å². The number of amides is 3. The molecule has 1 heterocycles. The van der Waals surface area contributed by atoms with Crippen molar-refractivity contribution in [3.05, 3.63) is 70.8 Å². The number of nitrogens with two attached hydrogens (primary N) is 1. The molecule has 0 radical (unpaired) electrons. The van der Waals surface area contributed by atoms with Crippen LogP contribution in [0, 0.1) is 5.92 Å². The smallest absolute Gasteiger partial charge is 0.261 e. The van der Waals surface area contributed by atoms with Crippen molar-refractivity contribution in [1.82, 2.24) is 10.2 Å². The number of hydrogen-bond donors (Lipinski definition) is 2. The first-order chi connectivity index (χ1) is 13.5. The van der Waals surface area contributed by atoms with Crippen molar-refractivity contribution in [2.24, 2.45) is 11.7 Å². The lowest BCUT2D eigenvalue weighted by molar-refractivity contribution is 0.0656. The molecule has 1 fully saturated rings. The molecular weight excluding hydrogens is 354 g/mol. The predicted octanol–water partition coefficient (Wildman–Crippen LogP) is 1.99. The minimum Gasteiger partial charge on any atom is -0.350 e. The van der Waals surface area contributed by atoms with Gasteiger partial charge in [-0.05, 0) is 48.9 Å². The van der Waals surface area contributed by atoms with E-state index in [9.17, 15) is 14.4 Å². The fourth-order valence-electron chi connectivity index (χ4n) is 3.52. The Morgan fingerprint density at radius 2 is 1.79 bits per heavy atom. The van der Waals surface area contributed by atoms with Gasteiger partial charge in [-0.1, -0.05) is 30.3 Å². The first-order valence-corrected chi connectivity index (χ1v) is 9.62. The maximum absolute atomic E-state index is 12.7. The number of hydrogen-bond acceptors (Lipinski definition) is 4. The van der Waals surface area contributed by atoms with Gasteiger partial charge in [-0.15, -0.1) is 0 Å². The van der Waals surface area contributed by atoms with Crippen LogP contribution < -0.4 is 11.1 Å². The molecule has 144 valence electrons. The summed E-state index contributed by atoms with van der Waals surface area (Å²) in [6.07, 6.45) is 2.83. The van der Waals surface area contributed by atoms with E-state index < -0.39 is 0 Å². The van der Waals surface area contributed by atoms with Crippen molar-refractivity contribution >= 4 is 17.7 Å². The van der Waals surface area contributed by atoms with Crippen LogP contribution in [0.3, 0.4) is 0 Å². The molecule has 6 nitrogen and oxygen atoms in total. The molecule has 1 saturated carbocycles. The molecule has 0 bridgehead atoms. The number of rotatable bonds is 7. The van der Waals surface area contributed by atoms with Crippen LogP contribution in [0.5, 0.6) is 0 Å². The van der Waals surface area contributed by atoms with Gasteiger partial charge >= 0.3 is 0 Å². The Kier molecular flexibility index (Phi) is 4.96. The fraction of sp³-hybridized carbons (Fsp3) is 0.318. The number of carbonyl (C=O) groups excluding carboxylic acids is 3. The SMILES string of the molecule is NC(CNC(=O)c1ccc2c(c1)C(=O)N(CCc1ccccc1)C2=O)C1CC1. The van der Waals surface area contributed by atoms with Crippen LogP contribution in [0.2, 0.25) is 0 Å². The molecule has 1 aliphatic carbocycles. The summed E-state index contributed by atoms with van der Waals surface area (Å²) in [6, 6.07) is 14.3. The van der Waals surface area contributed by atoms with Gasteiger partial charge in [-0.3, -0.25) is 19.3 Å². The maximum atomic E-state index is 12.7. The minimum absolute atomic E-state index is 0.0323. The van der Waals surface area contributed by atoms with E-state index >= 15 is 0 Å². The van der Waals surface area contributed by atoms with E-state index in [2.05, 4.69) is 5.32 Å². The maximum Gasteiger partial charge on any atom is 0.261 e. The summed E-state index contributed by atoms with van der Waals surface area (Å²) < 4.78 is 0. The van der Waals surface area contributed by atoms with Crippen molar-refractivity contribution < 1.29 is 14.4 Å². The zero-order valence-corrected chi connectivity index (χ0v) is 15.6. The molecule has 0 aromatic heterocycles. The topological polar surface area (TPSA) is 92.5 Å². The Balaban J connectivity index is 1.43. The molecule has 0 saturated heterocycles. The number of fused-ring (bicyclic) bond motifs is 1. The summed E-state index contributed by atoms with van der Waals surface area (Å²) in [5.41, 5.74) is 8.08. The van der Waals surface area contributed by atoms with E-state index in [1.54, 1.807) is 12.1 Å².